The van der Waals surface area contributed by atoms with Gasteiger partial charge in [-0.15, -0.1) is 0 Å². The summed E-state index contributed by atoms with van der Waals surface area (Å²) in [7, 11) is 2.82. The van der Waals surface area contributed by atoms with Crippen LogP contribution in [-0.4, -0.2) is 78.3 Å². The van der Waals surface area contributed by atoms with Crippen LogP contribution in [0.4, 0.5) is 46.8 Å². The van der Waals surface area contributed by atoms with Crippen LogP contribution in [0.15, 0.2) is 42.6 Å². The van der Waals surface area contributed by atoms with E-state index < -0.39 is 35.6 Å². The SMILES string of the molecule is CNC(=O)c1cccc(C)c1Nc1nc(Nc2ccc(NC(=O)[C@@H]3CC[C@H](N4CC[C@H](OC(N)=O)C4)N3)cc2OC)ncc1C(F)(F)F. The molecule has 2 aliphatic rings. The molecule has 7 N–H and O–H groups in total. The number of amides is 3. The van der Waals surface area contributed by atoms with Crippen LogP contribution in [-0.2, 0) is 15.7 Å². The number of nitrogens with two attached hydrogens (primary N) is 1. The van der Waals surface area contributed by atoms with Gasteiger partial charge >= 0.3 is 12.3 Å². The number of hydrogen-bond acceptors (Lipinski definition) is 11. The summed E-state index contributed by atoms with van der Waals surface area (Å²) in [5.41, 5.74) is 5.58. The normalized spacial score (nSPS) is 19.4. The van der Waals surface area contributed by atoms with Crippen molar-refractivity contribution in [2.24, 2.45) is 5.73 Å². The van der Waals surface area contributed by atoms with Crippen LogP contribution in [0.1, 0.15) is 40.7 Å². The third-order valence-corrected chi connectivity index (χ3v) is 8.14. The molecule has 0 saturated carbocycles. The minimum atomic E-state index is -4.79. The number of alkyl halides is 3. The molecule has 256 valence electrons. The van der Waals surface area contributed by atoms with Crippen molar-refractivity contribution in [2.45, 2.75) is 50.7 Å². The van der Waals surface area contributed by atoms with Gasteiger partial charge < -0.3 is 36.5 Å². The van der Waals surface area contributed by atoms with Crippen molar-refractivity contribution >= 4 is 46.7 Å². The summed E-state index contributed by atoms with van der Waals surface area (Å²) >= 11 is 0. The van der Waals surface area contributed by atoms with Crippen LogP contribution >= 0.6 is 0 Å². The summed E-state index contributed by atoms with van der Waals surface area (Å²) in [5.74, 6) is -1.21. The first kappa shape index (κ1) is 34.2. The zero-order valence-electron chi connectivity index (χ0n) is 26.4. The molecular weight excluding hydrogens is 635 g/mol. The van der Waals surface area contributed by atoms with Gasteiger partial charge in [0.1, 0.15) is 23.2 Å². The second-order valence-electron chi connectivity index (χ2n) is 11.3. The smallest absolute Gasteiger partial charge is 0.421 e. The number of nitrogens with one attached hydrogen (secondary N) is 5. The van der Waals surface area contributed by atoms with Crippen molar-refractivity contribution < 1.29 is 37.0 Å². The van der Waals surface area contributed by atoms with Crippen LogP contribution in [0, 0.1) is 6.92 Å². The number of carbonyl (C=O) groups is 3. The van der Waals surface area contributed by atoms with Gasteiger partial charge in [-0.3, -0.25) is 19.8 Å². The summed E-state index contributed by atoms with van der Waals surface area (Å²) in [5, 5.41) is 14.2. The number of methoxy groups -OCH3 is 1. The average molecular weight is 672 g/mol. The Labute approximate surface area is 274 Å². The number of aryl methyl sites for hydroxylation is 1. The molecular formula is C31H36F3N9O5. The van der Waals surface area contributed by atoms with Crippen molar-refractivity contribution in [3.05, 3.63) is 59.3 Å². The van der Waals surface area contributed by atoms with Gasteiger partial charge in [0, 0.05) is 38.1 Å². The highest BCUT2D eigenvalue weighted by Crippen LogP contribution is 2.37. The third kappa shape index (κ3) is 7.86. The predicted molar refractivity (Wildman–Crippen MR) is 170 cm³/mol. The van der Waals surface area contributed by atoms with E-state index in [0.29, 0.717) is 49.1 Å². The summed E-state index contributed by atoms with van der Waals surface area (Å²) < 4.78 is 52.5. The number of benzene rings is 2. The number of aromatic nitrogens is 2. The Kier molecular flexibility index (Phi) is 10.2. The lowest BCUT2D eigenvalue weighted by Crippen LogP contribution is -2.46. The number of primary amides is 1. The fraction of sp³-hybridized carbons (Fsp3) is 0.387. The van der Waals surface area contributed by atoms with Gasteiger partial charge in [0.15, 0.2) is 0 Å². The highest BCUT2D eigenvalue weighted by atomic mass is 19.4. The fourth-order valence-electron chi connectivity index (χ4n) is 5.76. The lowest BCUT2D eigenvalue weighted by atomic mass is 10.1. The number of rotatable bonds is 10. The van der Waals surface area contributed by atoms with Crippen molar-refractivity contribution in [1.82, 2.24) is 25.5 Å². The largest absolute Gasteiger partial charge is 0.494 e. The molecule has 0 radical (unpaired) electrons. The Bertz CT molecular complexity index is 1690. The number of halogens is 3. The maximum absolute atomic E-state index is 14.0. The zero-order valence-corrected chi connectivity index (χ0v) is 26.4. The maximum Gasteiger partial charge on any atom is 0.421 e. The molecule has 0 spiro atoms. The number of para-hydroxylation sites is 1. The summed E-state index contributed by atoms with van der Waals surface area (Å²) in [4.78, 5) is 46.7. The molecule has 3 aromatic rings. The Hall–Kier alpha value is -5.16. The second kappa shape index (κ2) is 14.3. The molecule has 14 nitrogen and oxygen atoms in total. The molecule has 2 aliphatic heterocycles. The maximum atomic E-state index is 14.0. The minimum absolute atomic E-state index is 0.0485. The van der Waals surface area contributed by atoms with Gasteiger partial charge in [-0.1, -0.05) is 12.1 Å². The van der Waals surface area contributed by atoms with E-state index in [1.165, 1.54) is 20.2 Å². The monoisotopic (exact) mass is 671 g/mol. The summed E-state index contributed by atoms with van der Waals surface area (Å²) in [6.45, 7) is 2.89. The first-order valence-electron chi connectivity index (χ1n) is 15.1. The predicted octanol–water partition coefficient (Wildman–Crippen LogP) is 3.85. The second-order valence-corrected chi connectivity index (χ2v) is 11.3. The molecule has 2 saturated heterocycles. The third-order valence-electron chi connectivity index (χ3n) is 8.14. The molecule has 1 aromatic heterocycles. The highest BCUT2D eigenvalue weighted by Gasteiger charge is 2.37. The number of hydrogen-bond donors (Lipinski definition) is 6. The quantitative estimate of drug-likeness (QED) is 0.184. The highest BCUT2D eigenvalue weighted by molar-refractivity contribution is 6.01. The lowest BCUT2D eigenvalue weighted by Gasteiger charge is -2.24. The Morgan fingerprint density at radius 2 is 1.90 bits per heavy atom. The number of carbonyl (C=O) groups excluding carboxylic acids is 3. The lowest BCUT2D eigenvalue weighted by molar-refractivity contribution is -0.137. The standard InChI is InChI=1S/C31H36F3N9O5/c1-16-5-4-6-19(27(44)36-2)25(16)41-26-20(31(32,33)34)14-37-30(42-26)40-21-8-7-17(13-23(21)47-3)38-28(45)22-9-10-24(39-22)43-12-11-18(15-43)48-29(35)46/h4-8,13-14,18,22,24,39H,9-12,15H2,1-3H3,(H2,35,46)(H,36,44)(H,38,45)(H2,37,40,41,42)/t18-,22-,24-/m0/s1. The first-order chi connectivity index (χ1) is 22.9. The van der Waals surface area contributed by atoms with Crippen molar-refractivity contribution in [1.29, 1.82) is 0 Å². The molecule has 3 atom stereocenters. The molecule has 3 amide bonds. The van der Waals surface area contributed by atoms with E-state index in [1.54, 1.807) is 37.3 Å². The molecule has 0 aliphatic carbocycles. The zero-order chi connectivity index (χ0) is 34.6. The molecule has 17 heteroatoms. The number of anilines is 5. The molecule has 48 heavy (non-hydrogen) atoms. The molecule has 5 rings (SSSR count). The van der Waals surface area contributed by atoms with Crippen LogP contribution < -0.4 is 37.1 Å². The van der Waals surface area contributed by atoms with Crippen LogP contribution in [0.2, 0.25) is 0 Å². The average Bonchev–Trinajstić information content (AvgIpc) is 3.72. The van der Waals surface area contributed by atoms with Crippen LogP contribution in [0.25, 0.3) is 0 Å². The molecule has 2 fully saturated rings. The molecule has 2 aromatic carbocycles. The first-order valence-corrected chi connectivity index (χ1v) is 15.1. The Morgan fingerprint density at radius 3 is 2.60 bits per heavy atom. The van der Waals surface area contributed by atoms with Gasteiger partial charge in [-0.2, -0.15) is 18.2 Å². The number of ether oxygens (including phenoxy) is 2. The topological polar surface area (TPSA) is 185 Å². The number of likely N-dealkylation sites (tertiary alicyclic amines) is 1. The van der Waals surface area contributed by atoms with Crippen molar-refractivity contribution in [3.63, 3.8) is 0 Å². The van der Waals surface area contributed by atoms with Crippen LogP contribution in [0.5, 0.6) is 5.75 Å². The molecule has 0 unspecified atom stereocenters. The summed E-state index contributed by atoms with van der Waals surface area (Å²) in [6, 6.07) is 9.04. The number of nitrogens with zero attached hydrogens (tertiary/aromatic N) is 3. The van der Waals surface area contributed by atoms with Gasteiger partial charge in [-0.25, -0.2) is 9.78 Å². The molecule has 0 bridgehead atoms. The van der Waals surface area contributed by atoms with E-state index in [2.05, 4.69) is 41.5 Å². The van der Waals surface area contributed by atoms with E-state index in [0.717, 1.165) is 6.42 Å². The Balaban J connectivity index is 1.29. The van der Waals surface area contributed by atoms with Crippen molar-refractivity contribution in [3.8, 4) is 5.75 Å². The summed E-state index contributed by atoms with van der Waals surface area (Å²) in [6.07, 6.45) is -3.29. The molecule has 3 heterocycles. The van der Waals surface area contributed by atoms with Gasteiger partial charge in [0.2, 0.25) is 11.9 Å². The minimum Gasteiger partial charge on any atom is -0.494 e. The van der Waals surface area contributed by atoms with Gasteiger partial charge in [0.25, 0.3) is 5.91 Å². The van der Waals surface area contributed by atoms with E-state index in [-0.39, 0.29) is 41.1 Å². The van der Waals surface area contributed by atoms with E-state index in [1.807, 2.05) is 0 Å². The van der Waals surface area contributed by atoms with Crippen molar-refractivity contribution in [2.75, 3.05) is 43.2 Å². The van der Waals surface area contributed by atoms with Gasteiger partial charge in [0.05, 0.1) is 36.3 Å². The Morgan fingerprint density at radius 1 is 1.10 bits per heavy atom. The van der Waals surface area contributed by atoms with E-state index in [9.17, 15) is 27.6 Å². The van der Waals surface area contributed by atoms with Gasteiger partial charge in [-0.05, 0) is 49.9 Å². The fourth-order valence-corrected chi connectivity index (χ4v) is 5.76. The van der Waals surface area contributed by atoms with E-state index in [4.69, 9.17) is 15.2 Å². The van der Waals surface area contributed by atoms with E-state index >= 15 is 0 Å². The van der Waals surface area contributed by atoms with Crippen LogP contribution in [0.3, 0.4) is 0 Å².